The van der Waals surface area contributed by atoms with E-state index in [-0.39, 0.29) is 0 Å². The van der Waals surface area contributed by atoms with Crippen LogP contribution in [-0.2, 0) is 9.84 Å². The zero-order valence-electron chi connectivity index (χ0n) is 10.2. The van der Waals surface area contributed by atoms with Crippen molar-refractivity contribution in [3.63, 3.8) is 0 Å². The maximum Gasteiger partial charge on any atom is 0.150 e. The van der Waals surface area contributed by atoms with Crippen molar-refractivity contribution in [2.45, 2.75) is 51.5 Å². The van der Waals surface area contributed by atoms with E-state index in [1.807, 2.05) is 0 Å². The number of nitrogens with one attached hydrogen (secondary N) is 1. The average Bonchev–Trinajstić information content (AvgIpc) is 3.11. The molecule has 0 aliphatic heterocycles. The lowest BCUT2D eigenvalue weighted by atomic mass is 10.0. The van der Waals surface area contributed by atoms with Gasteiger partial charge in [0, 0.05) is 18.3 Å². The first-order valence-electron chi connectivity index (χ1n) is 6.49. The lowest BCUT2D eigenvalue weighted by Gasteiger charge is -2.15. The predicted octanol–water partition coefficient (Wildman–Crippen LogP) is 1.73. The molecule has 1 N–H and O–H groups in total. The molecule has 0 amide bonds. The summed E-state index contributed by atoms with van der Waals surface area (Å²) in [7, 11) is -2.75. The van der Waals surface area contributed by atoms with Crippen LogP contribution in [0, 0.1) is 5.41 Å². The van der Waals surface area contributed by atoms with Gasteiger partial charge in [-0.3, -0.25) is 0 Å². The normalized spacial score (nSPS) is 23.3. The van der Waals surface area contributed by atoms with Crippen molar-refractivity contribution in [3.05, 3.63) is 0 Å². The van der Waals surface area contributed by atoms with Crippen LogP contribution in [0.25, 0.3) is 0 Å². The first-order chi connectivity index (χ1) is 7.55. The Kier molecular flexibility index (Phi) is 3.59. The molecule has 2 saturated carbocycles. The van der Waals surface area contributed by atoms with Crippen molar-refractivity contribution >= 4 is 9.84 Å². The molecule has 0 spiro atoms. The number of sulfone groups is 1. The topological polar surface area (TPSA) is 46.2 Å². The SMILES string of the molecule is CCS(=O)(=O)CCCC1(CNC2CC2)CC1. The first-order valence-corrected chi connectivity index (χ1v) is 8.31. The lowest BCUT2D eigenvalue weighted by molar-refractivity contribution is 0.419. The van der Waals surface area contributed by atoms with Crippen molar-refractivity contribution < 1.29 is 8.42 Å². The van der Waals surface area contributed by atoms with E-state index in [4.69, 9.17) is 0 Å². The van der Waals surface area contributed by atoms with Crippen molar-refractivity contribution in [1.29, 1.82) is 0 Å². The molecule has 2 aliphatic rings. The molecule has 0 unspecified atom stereocenters. The van der Waals surface area contributed by atoms with Crippen molar-refractivity contribution in [1.82, 2.24) is 5.32 Å². The summed E-state index contributed by atoms with van der Waals surface area (Å²) in [6, 6.07) is 0.775. The molecule has 0 saturated heterocycles. The summed E-state index contributed by atoms with van der Waals surface area (Å²) in [6.07, 6.45) is 7.19. The first kappa shape index (κ1) is 12.4. The smallest absolute Gasteiger partial charge is 0.150 e. The summed E-state index contributed by atoms with van der Waals surface area (Å²) in [4.78, 5) is 0. The van der Waals surface area contributed by atoms with Crippen LogP contribution in [0.1, 0.15) is 45.4 Å². The van der Waals surface area contributed by atoms with Gasteiger partial charge >= 0.3 is 0 Å². The van der Waals surface area contributed by atoms with E-state index >= 15 is 0 Å². The van der Waals surface area contributed by atoms with Gasteiger partial charge in [-0.2, -0.15) is 0 Å². The van der Waals surface area contributed by atoms with Crippen LogP contribution >= 0.6 is 0 Å². The molecule has 94 valence electrons. The molecular formula is C12H23NO2S. The van der Waals surface area contributed by atoms with E-state index in [1.54, 1.807) is 6.92 Å². The van der Waals surface area contributed by atoms with Crippen LogP contribution in [0.2, 0.25) is 0 Å². The minimum absolute atomic E-state index is 0.292. The molecule has 0 atom stereocenters. The molecule has 0 bridgehead atoms. The zero-order valence-corrected chi connectivity index (χ0v) is 11.0. The van der Waals surface area contributed by atoms with Gasteiger partial charge in [-0.05, 0) is 43.9 Å². The fourth-order valence-electron chi connectivity index (χ4n) is 2.15. The maximum atomic E-state index is 11.4. The van der Waals surface area contributed by atoms with Crippen LogP contribution in [0.15, 0.2) is 0 Å². The Hall–Kier alpha value is -0.0900. The van der Waals surface area contributed by atoms with E-state index < -0.39 is 9.84 Å². The Morgan fingerprint density at radius 1 is 1.31 bits per heavy atom. The molecular weight excluding hydrogens is 222 g/mol. The maximum absolute atomic E-state index is 11.4. The molecule has 0 radical (unpaired) electrons. The van der Waals surface area contributed by atoms with Crippen molar-refractivity contribution in [3.8, 4) is 0 Å². The summed E-state index contributed by atoms with van der Waals surface area (Å²) < 4.78 is 22.7. The molecule has 16 heavy (non-hydrogen) atoms. The van der Waals surface area contributed by atoms with Crippen LogP contribution < -0.4 is 5.32 Å². The van der Waals surface area contributed by atoms with E-state index in [2.05, 4.69) is 5.32 Å². The third-order valence-electron chi connectivity index (χ3n) is 3.90. The quantitative estimate of drug-likeness (QED) is 0.708. The van der Waals surface area contributed by atoms with Gasteiger partial charge in [0.05, 0.1) is 5.75 Å². The van der Waals surface area contributed by atoms with Gasteiger partial charge in [-0.15, -0.1) is 0 Å². The summed E-state index contributed by atoms with van der Waals surface area (Å²) >= 11 is 0. The van der Waals surface area contributed by atoms with Gasteiger partial charge in [-0.1, -0.05) is 6.92 Å². The molecule has 2 fully saturated rings. The zero-order chi connectivity index (χ0) is 11.6. The predicted molar refractivity (Wildman–Crippen MR) is 66.3 cm³/mol. The van der Waals surface area contributed by atoms with Crippen molar-refractivity contribution in [2.24, 2.45) is 5.41 Å². The van der Waals surface area contributed by atoms with Gasteiger partial charge in [0.2, 0.25) is 0 Å². The van der Waals surface area contributed by atoms with E-state index in [0.29, 0.717) is 16.9 Å². The Bertz CT molecular complexity index is 329. The summed E-state index contributed by atoms with van der Waals surface area (Å²) in [5.41, 5.74) is 0.464. The highest BCUT2D eigenvalue weighted by atomic mass is 32.2. The highest BCUT2D eigenvalue weighted by Gasteiger charge is 2.42. The largest absolute Gasteiger partial charge is 0.313 e. The highest BCUT2D eigenvalue weighted by molar-refractivity contribution is 7.91. The second-order valence-corrected chi connectivity index (χ2v) is 7.97. The number of hydrogen-bond acceptors (Lipinski definition) is 3. The van der Waals surface area contributed by atoms with Crippen LogP contribution in [-0.4, -0.2) is 32.5 Å². The lowest BCUT2D eigenvalue weighted by Crippen LogP contribution is -2.26. The Labute approximate surface area is 98.9 Å². The van der Waals surface area contributed by atoms with Gasteiger partial charge in [0.25, 0.3) is 0 Å². The standard InChI is InChI=1S/C12H23NO2S/c1-2-16(14,15)9-3-6-12(7-8-12)10-13-11-4-5-11/h11,13H,2-10H2,1H3. The van der Waals surface area contributed by atoms with Crippen LogP contribution in [0.3, 0.4) is 0 Å². The summed E-state index contributed by atoms with van der Waals surface area (Å²) in [5, 5.41) is 3.57. The number of hydrogen-bond donors (Lipinski definition) is 1. The molecule has 0 aromatic carbocycles. The Balaban J connectivity index is 1.64. The van der Waals surface area contributed by atoms with Crippen LogP contribution in [0.5, 0.6) is 0 Å². The van der Waals surface area contributed by atoms with Gasteiger partial charge in [0.15, 0.2) is 0 Å². The molecule has 2 rings (SSSR count). The Morgan fingerprint density at radius 2 is 2.00 bits per heavy atom. The number of rotatable bonds is 8. The fraction of sp³-hybridized carbons (Fsp3) is 1.00. The molecule has 2 aliphatic carbocycles. The fourth-order valence-corrected chi connectivity index (χ4v) is 3.02. The second-order valence-electron chi connectivity index (χ2n) is 5.50. The summed E-state index contributed by atoms with van der Waals surface area (Å²) in [5.74, 6) is 0.676. The van der Waals surface area contributed by atoms with Crippen molar-refractivity contribution in [2.75, 3.05) is 18.1 Å². The van der Waals surface area contributed by atoms with E-state index in [9.17, 15) is 8.42 Å². The third kappa shape index (κ3) is 3.74. The van der Waals surface area contributed by atoms with Gasteiger partial charge in [0.1, 0.15) is 9.84 Å². The van der Waals surface area contributed by atoms with Crippen LogP contribution in [0.4, 0.5) is 0 Å². The molecule has 0 aromatic rings. The molecule has 4 heteroatoms. The Morgan fingerprint density at radius 3 is 2.50 bits per heavy atom. The average molecular weight is 245 g/mol. The molecule has 0 heterocycles. The minimum Gasteiger partial charge on any atom is -0.313 e. The molecule has 0 aromatic heterocycles. The summed E-state index contributed by atoms with van der Waals surface area (Å²) in [6.45, 7) is 2.85. The third-order valence-corrected chi connectivity index (χ3v) is 5.69. The van der Waals surface area contributed by atoms with E-state index in [0.717, 1.165) is 25.4 Å². The highest BCUT2D eigenvalue weighted by Crippen LogP contribution is 2.49. The van der Waals surface area contributed by atoms with Gasteiger partial charge < -0.3 is 5.32 Å². The minimum atomic E-state index is -2.75. The second kappa shape index (κ2) is 4.65. The van der Waals surface area contributed by atoms with Gasteiger partial charge in [-0.25, -0.2) is 8.42 Å². The van der Waals surface area contributed by atoms with E-state index in [1.165, 1.54) is 25.7 Å². The molecule has 3 nitrogen and oxygen atoms in total. The monoisotopic (exact) mass is 245 g/mol.